The van der Waals surface area contributed by atoms with E-state index >= 15 is 0 Å². The Hall–Kier alpha value is -1.65. The number of nitrogens with one attached hydrogen (secondary N) is 2. The summed E-state index contributed by atoms with van der Waals surface area (Å²) >= 11 is 0. The first-order valence-corrected chi connectivity index (χ1v) is 9.13. The first-order chi connectivity index (χ1) is 12.3. The van der Waals surface area contributed by atoms with Crippen LogP contribution in [0, 0.1) is 0 Å². The first-order valence-electron chi connectivity index (χ1n) is 9.13. The molecule has 0 saturated heterocycles. The Balaban J connectivity index is 0.00000196. The van der Waals surface area contributed by atoms with Crippen LogP contribution in [0.25, 0.3) is 0 Å². The van der Waals surface area contributed by atoms with Crippen LogP contribution in [0.5, 0.6) is 0 Å². The van der Waals surface area contributed by atoms with Crippen molar-refractivity contribution in [2.45, 2.75) is 63.6 Å². The highest BCUT2D eigenvalue weighted by molar-refractivity contribution is 14.0. The van der Waals surface area contributed by atoms with Crippen molar-refractivity contribution >= 4 is 29.9 Å². The van der Waals surface area contributed by atoms with Gasteiger partial charge in [-0.25, -0.2) is 0 Å². The molecule has 0 aliphatic heterocycles. The lowest BCUT2D eigenvalue weighted by Gasteiger charge is -2.10. The van der Waals surface area contributed by atoms with Crippen LogP contribution in [-0.2, 0) is 13.1 Å². The molecule has 0 spiro atoms. The molecule has 8 nitrogen and oxygen atoms in total. The molecule has 2 fully saturated rings. The summed E-state index contributed by atoms with van der Waals surface area (Å²) in [5.74, 6) is 2.62. The molecule has 2 aromatic heterocycles. The van der Waals surface area contributed by atoms with E-state index in [-0.39, 0.29) is 24.0 Å². The molecule has 2 N–H and O–H groups in total. The number of aromatic nitrogens is 4. The van der Waals surface area contributed by atoms with Crippen molar-refractivity contribution in [3.8, 4) is 0 Å². The quantitative estimate of drug-likeness (QED) is 0.383. The molecule has 0 aromatic carbocycles. The van der Waals surface area contributed by atoms with E-state index in [0.29, 0.717) is 36.9 Å². The van der Waals surface area contributed by atoms with Gasteiger partial charge in [-0.2, -0.15) is 10.1 Å². The minimum atomic E-state index is 0. The second-order valence-electron chi connectivity index (χ2n) is 6.83. The molecule has 2 heterocycles. The number of halogens is 1. The Bertz CT molecular complexity index is 731. The maximum atomic E-state index is 5.26. The van der Waals surface area contributed by atoms with Gasteiger partial charge in [-0.15, -0.1) is 24.0 Å². The van der Waals surface area contributed by atoms with Crippen molar-refractivity contribution in [2.24, 2.45) is 4.99 Å². The van der Waals surface area contributed by atoms with Gasteiger partial charge in [0.15, 0.2) is 11.8 Å². The summed E-state index contributed by atoms with van der Waals surface area (Å²) in [6, 6.07) is 2.64. The second kappa shape index (κ2) is 8.83. The highest BCUT2D eigenvalue weighted by atomic mass is 127. The van der Waals surface area contributed by atoms with E-state index < -0.39 is 0 Å². The molecule has 4 rings (SSSR count). The molecule has 2 aromatic rings. The van der Waals surface area contributed by atoms with Crippen LogP contribution >= 0.6 is 24.0 Å². The van der Waals surface area contributed by atoms with Crippen molar-refractivity contribution in [2.75, 3.05) is 7.05 Å². The van der Waals surface area contributed by atoms with Crippen LogP contribution in [0.3, 0.4) is 0 Å². The van der Waals surface area contributed by atoms with Gasteiger partial charge in [0.1, 0.15) is 0 Å². The van der Waals surface area contributed by atoms with E-state index in [9.17, 15) is 0 Å². The fourth-order valence-corrected chi connectivity index (χ4v) is 3.25. The minimum Gasteiger partial charge on any atom is -0.351 e. The third-order valence-electron chi connectivity index (χ3n) is 4.86. The van der Waals surface area contributed by atoms with E-state index in [1.165, 1.54) is 38.5 Å². The molecule has 0 atom stereocenters. The Labute approximate surface area is 170 Å². The first kappa shape index (κ1) is 19.1. The average Bonchev–Trinajstić information content (AvgIpc) is 3.08. The molecule has 0 bridgehead atoms. The summed E-state index contributed by atoms with van der Waals surface area (Å²) < 4.78 is 7.37. The van der Waals surface area contributed by atoms with Crippen LogP contribution < -0.4 is 10.6 Å². The van der Waals surface area contributed by atoms with Crippen molar-refractivity contribution < 1.29 is 4.52 Å². The van der Waals surface area contributed by atoms with Crippen molar-refractivity contribution in [1.82, 2.24) is 30.6 Å². The highest BCUT2D eigenvalue weighted by Crippen LogP contribution is 2.38. The predicted molar refractivity (Wildman–Crippen MR) is 108 cm³/mol. The summed E-state index contributed by atoms with van der Waals surface area (Å²) in [6.07, 6.45) is 9.53. The summed E-state index contributed by atoms with van der Waals surface area (Å²) in [5.41, 5.74) is 1.02. The van der Waals surface area contributed by atoms with E-state index in [0.717, 1.165) is 11.5 Å². The fraction of sp³-hybridized carbons (Fsp3) is 0.647. The fourth-order valence-electron chi connectivity index (χ4n) is 3.25. The lowest BCUT2D eigenvalue weighted by atomic mass is 10.3. The Morgan fingerprint density at radius 3 is 2.73 bits per heavy atom. The Morgan fingerprint density at radius 1 is 1.23 bits per heavy atom. The van der Waals surface area contributed by atoms with E-state index in [1.54, 1.807) is 7.05 Å². The number of nitrogens with zero attached hydrogens (tertiary/aromatic N) is 5. The molecule has 2 aliphatic carbocycles. The number of aliphatic imine (C=N–C) groups is 1. The summed E-state index contributed by atoms with van der Waals surface area (Å²) in [4.78, 5) is 8.63. The average molecular weight is 471 g/mol. The number of hydrogen-bond acceptors (Lipinski definition) is 5. The Kier molecular flexibility index (Phi) is 6.49. The lowest BCUT2D eigenvalue weighted by Crippen LogP contribution is -2.36. The van der Waals surface area contributed by atoms with Gasteiger partial charge in [-0.3, -0.25) is 9.67 Å². The third-order valence-corrected chi connectivity index (χ3v) is 4.86. The van der Waals surface area contributed by atoms with Crippen molar-refractivity contribution in [1.29, 1.82) is 0 Å². The zero-order valence-electron chi connectivity index (χ0n) is 15.0. The molecular weight excluding hydrogens is 445 g/mol. The van der Waals surface area contributed by atoms with Gasteiger partial charge >= 0.3 is 0 Å². The van der Waals surface area contributed by atoms with E-state index in [4.69, 9.17) is 4.52 Å². The van der Waals surface area contributed by atoms with Gasteiger partial charge in [0.05, 0.1) is 24.8 Å². The van der Waals surface area contributed by atoms with E-state index in [1.807, 2.05) is 0 Å². The molecule has 0 unspecified atom stereocenters. The van der Waals surface area contributed by atoms with Crippen molar-refractivity contribution in [3.05, 3.63) is 29.7 Å². The molecule has 0 radical (unpaired) electrons. The molecule has 2 saturated carbocycles. The molecule has 9 heteroatoms. The van der Waals surface area contributed by atoms with Gasteiger partial charge in [0, 0.05) is 19.2 Å². The van der Waals surface area contributed by atoms with Gasteiger partial charge < -0.3 is 15.2 Å². The number of rotatable bonds is 6. The number of hydrogen-bond donors (Lipinski definition) is 2. The van der Waals surface area contributed by atoms with E-state index in [2.05, 4.69) is 47.8 Å². The minimum absolute atomic E-state index is 0. The zero-order valence-corrected chi connectivity index (χ0v) is 17.3. The highest BCUT2D eigenvalue weighted by Gasteiger charge is 2.28. The maximum absolute atomic E-state index is 5.26. The van der Waals surface area contributed by atoms with Gasteiger partial charge in [-0.1, -0.05) is 18.0 Å². The second-order valence-corrected chi connectivity index (χ2v) is 6.83. The zero-order chi connectivity index (χ0) is 17.1. The smallest absolute Gasteiger partial charge is 0.246 e. The van der Waals surface area contributed by atoms with Gasteiger partial charge in [0.25, 0.3) is 0 Å². The van der Waals surface area contributed by atoms with Crippen LogP contribution in [0.1, 0.15) is 67.9 Å². The normalized spacial score (nSPS) is 18.0. The predicted octanol–water partition coefficient (Wildman–Crippen LogP) is 2.74. The maximum Gasteiger partial charge on any atom is 0.246 e. The van der Waals surface area contributed by atoms with Crippen LogP contribution in [0.2, 0.25) is 0 Å². The van der Waals surface area contributed by atoms with Gasteiger partial charge in [0.2, 0.25) is 5.89 Å². The molecule has 0 amide bonds. The number of guanidine groups is 1. The Morgan fingerprint density at radius 2 is 2.00 bits per heavy atom. The van der Waals surface area contributed by atoms with Crippen LogP contribution in [-0.4, -0.2) is 32.9 Å². The molecule has 2 aliphatic rings. The molecule has 142 valence electrons. The molecular formula is C17H26IN7O. The monoisotopic (exact) mass is 471 g/mol. The lowest BCUT2D eigenvalue weighted by molar-refractivity contribution is 0.370. The SMILES string of the molecule is CN=C(NCc1ccn(C2CCCC2)n1)NCc1nc(C2CC2)no1.I. The summed E-state index contributed by atoms with van der Waals surface area (Å²) in [6.45, 7) is 1.10. The van der Waals surface area contributed by atoms with Gasteiger partial charge in [-0.05, 0) is 31.7 Å². The van der Waals surface area contributed by atoms with Crippen LogP contribution in [0.15, 0.2) is 21.8 Å². The van der Waals surface area contributed by atoms with Crippen LogP contribution in [0.4, 0.5) is 0 Å². The van der Waals surface area contributed by atoms with Crippen molar-refractivity contribution in [3.63, 3.8) is 0 Å². The largest absolute Gasteiger partial charge is 0.351 e. The topological polar surface area (TPSA) is 93.2 Å². The molecule has 26 heavy (non-hydrogen) atoms. The summed E-state index contributed by atoms with van der Waals surface area (Å²) in [5, 5.41) is 15.2. The standard InChI is InChI=1S/C17H25N7O.HI/c1-18-17(20-11-15-21-16(23-25-15)12-6-7-12)19-10-13-8-9-24(22-13)14-4-2-3-5-14;/h8-9,12,14H,2-7,10-11H2,1H3,(H2,18,19,20);1H. The third kappa shape index (κ3) is 4.74. The summed E-state index contributed by atoms with van der Waals surface area (Å²) in [7, 11) is 1.75.